The lowest BCUT2D eigenvalue weighted by Gasteiger charge is -2.28. The molecule has 202 valence electrons. The molecule has 1 fully saturated rings. The molecule has 1 saturated carbocycles. The lowest BCUT2D eigenvalue weighted by atomic mass is 9.79. The second kappa shape index (κ2) is 10.3. The largest absolute Gasteiger partial charge is 0.490 e. The highest BCUT2D eigenvalue weighted by Crippen LogP contribution is 2.52. The fourth-order valence-electron chi connectivity index (χ4n) is 5.83. The van der Waals surface area contributed by atoms with Crippen LogP contribution in [0, 0.1) is 0 Å². The minimum Gasteiger partial charge on any atom is -0.490 e. The zero-order chi connectivity index (χ0) is 26.9. The summed E-state index contributed by atoms with van der Waals surface area (Å²) in [5.41, 5.74) is 2.73. The van der Waals surface area contributed by atoms with E-state index in [9.17, 15) is 14.7 Å². The van der Waals surface area contributed by atoms with E-state index in [-0.39, 0.29) is 18.1 Å². The Bertz CT molecular complexity index is 1340. The molecule has 1 aromatic heterocycles. The van der Waals surface area contributed by atoms with Gasteiger partial charge in [0.05, 0.1) is 10.9 Å². The number of benzene rings is 2. The summed E-state index contributed by atoms with van der Waals surface area (Å²) in [6, 6.07) is 11.2. The number of hydrogen-bond donors (Lipinski definition) is 5. The highest BCUT2D eigenvalue weighted by molar-refractivity contribution is 6.07. The van der Waals surface area contributed by atoms with E-state index in [0.717, 1.165) is 53.4 Å². The molecule has 38 heavy (non-hydrogen) atoms. The van der Waals surface area contributed by atoms with Gasteiger partial charge in [0.15, 0.2) is 6.61 Å². The molecule has 1 unspecified atom stereocenters. The number of carboxylic acid groups (broad SMARTS) is 1. The molecule has 2 aromatic carbocycles. The van der Waals surface area contributed by atoms with Gasteiger partial charge in [0.2, 0.25) is 5.91 Å². The molecule has 9 nitrogen and oxygen atoms in total. The maximum absolute atomic E-state index is 12.8. The second-order valence-corrected chi connectivity index (χ2v) is 11.0. The molecule has 1 spiro atoms. The maximum atomic E-state index is 12.8. The van der Waals surface area contributed by atoms with Crippen LogP contribution in [0.2, 0.25) is 0 Å². The van der Waals surface area contributed by atoms with Crippen LogP contribution in [0.5, 0.6) is 11.5 Å². The molecule has 1 amide bonds. The van der Waals surface area contributed by atoms with Gasteiger partial charge >= 0.3 is 5.97 Å². The third-order valence-corrected chi connectivity index (χ3v) is 7.64. The van der Waals surface area contributed by atoms with Gasteiger partial charge in [-0.1, -0.05) is 31.0 Å². The van der Waals surface area contributed by atoms with Crippen molar-refractivity contribution in [3.8, 4) is 11.5 Å². The highest BCUT2D eigenvalue weighted by Gasteiger charge is 2.50. The summed E-state index contributed by atoms with van der Waals surface area (Å²) in [4.78, 5) is 26.9. The quantitative estimate of drug-likeness (QED) is 0.260. The number of ether oxygens (including phenoxy) is 2. The van der Waals surface area contributed by atoms with Crippen LogP contribution in [-0.4, -0.2) is 58.5 Å². The Morgan fingerprint density at radius 3 is 2.63 bits per heavy atom. The van der Waals surface area contributed by atoms with Gasteiger partial charge < -0.3 is 35.3 Å². The number of anilines is 1. The molecule has 0 radical (unpaired) electrons. The van der Waals surface area contributed by atoms with Gasteiger partial charge in [-0.3, -0.25) is 4.79 Å². The van der Waals surface area contributed by atoms with Crippen molar-refractivity contribution in [2.45, 2.75) is 63.0 Å². The third-order valence-electron chi connectivity index (χ3n) is 7.64. The Morgan fingerprint density at radius 1 is 1.13 bits per heavy atom. The summed E-state index contributed by atoms with van der Waals surface area (Å²) in [7, 11) is 0. The SMILES string of the molecule is CC(C)(Cc1c[nH]c2c(OCC(=O)O)cccc12)NCC(O)COc1cccc2c1C1(CCCC1)C(=O)N2. The minimum absolute atomic E-state index is 0.0582. The van der Waals surface area contributed by atoms with Crippen LogP contribution < -0.4 is 20.1 Å². The normalized spacial score (nSPS) is 17.0. The number of para-hydroxylation sites is 1. The molecule has 1 atom stereocenters. The first-order valence-corrected chi connectivity index (χ1v) is 13.1. The summed E-state index contributed by atoms with van der Waals surface area (Å²) in [6.45, 7) is 4.17. The smallest absolute Gasteiger partial charge is 0.341 e. The van der Waals surface area contributed by atoms with E-state index < -0.39 is 24.1 Å². The van der Waals surface area contributed by atoms with Crippen LogP contribution in [0.3, 0.4) is 0 Å². The van der Waals surface area contributed by atoms with Gasteiger partial charge in [0.1, 0.15) is 24.2 Å². The predicted octanol–water partition coefficient (Wildman–Crippen LogP) is 3.75. The van der Waals surface area contributed by atoms with Gasteiger partial charge in [0, 0.05) is 34.9 Å². The van der Waals surface area contributed by atoms with Gasteiger partial charge in [-0.05, 0) is 56.9 Å². The first kappa shape index (κ1) is 26.1. The molecule has 1 aliphatic carbocycles. The minimum atomic E-state index is -1.03. The van der Waals surface area contributed by atoms with E-state index in [2.05, 4.69) is 29.5 Å². The van der Waals surface area contributed by atoms with Crippen molar-refractivity contribution in [2.24, 2.45) is 0 Å². The van der Waals surface area contributed by atoms with Crippen molar-refractivity contribution in [3.05, 3.63) is 53.7 Å². The summed E-state index contributed by atoms with van der Waals surface area (Å²) in [5, 5.41) is 27.1. The molecule has 0 saturated heterocycles. The van der Waals surface area contributed by atoms with Crippen LogP contribution >= 0.6 is 0 Å². The van der Waals surface area contributed by atoms with E-state index in [1.54, 1.807) is 6.07 Å². The predicted molar refractivity (Wildman–Crippen MR) is 144 cm³/mol. The number of carboxylic acids is 1. The highest BCUT2D eigenvalue weighted by atomic mass is 16.5. The number of rotatable bonds is 11. The molecule has 5 rings (SSSR count). The number of amides is 1. The number of nitrogens with one attached hydrogen (secondary N) is 3. The molecule has 5 N–H and O–H groups in total. The molecule has 9 heteroatoms. The van der Waals surface area contributed by atoms with E-state index in [0.29, 0.717) is 24.5 Å². The average Bonchev–Trinajstić information content (AvgIpc) is 3.60. The number of aliphatic hydroxyl groups excluding tert-OH is 1. The topological polar surface area (TPSA) is 133 Å². The van der Waals surface area contributed by atoms with Crippen molar-refractivity contribution in [3.63, 3.8) is 0 Å². The van der Waals surface area contributed by atoms with Crippen LogP contribution in [0.25, 0.3) is 10.9 Å². The molecule has 1 aliphatic heterocycles. The fraction of sp³-hybridized carbons (Fsp3) is 0.448. The zero-order valence-corrected chi connectivity index (χ0v) is 21.8. The van der Waals surface area contributed by atoms with Crippen molar-refractivity contribution >= 4 is 28.5 Å². The van der Waals surface area contributed by atoms with Crippen LogP contribution in [-0.2, 0) is 21.4 Å². The Kier molecular flexibility index (Phi) is 7.07. The van der Waals surface area contributed by atoms with Gasteiger partial charge in [0.25, 0.3) is 0 Å². The number of aliphatic hydroxyl groups is 1. The van der Waals surface area contributed by atoms with Crippen molar-refractivity contribution in [1.82, 2.24) is 10.3 Å². The number of aliphatic carboxylic acids is 1. The molecule has 3 aromatic rings. The number of H-pyrrole nitrogens is 1. The van der Waals surface area contributed by atoms with Crippen LogP contribution in [0.4, 0.5) is 5.69 Å². The first-order chi connectivity index (χ1) is 18.2. The van der Waals surface area contributed by atoms with Gasteiger partial charge in [-0.15, -0.1) is 0 Å². The van der Waals surface area contributed by atoms with E-state index in [1.165, 1.54) is 0 Å². The molecular formula is C29H35N3O6. The summed E-state index contributed by atoms with van der Waals surface area (Å²) in [6.07, 6.45) is 5.54. The summed E-state index contributed by atoms with van der Waals surface area (Å²) < 4.78 is 11.5. The number of hydrogen-bond acceptors (Lipinski definition) is 6. The van der Waals surface area contributed by atoms with E-state index in [1.807, 2.05) is 36.5 Å². The van der Waals surface area contributed by atoms with E-state index in [4.69, 9.17) is 14.6 Å². The number of fused-ring (bicyclic) bond motifs is 3. The summed E-state index contributed by atoms with van der Waals surface area (Å²) >= 11 is 0. The van der Waals surface area contributed by atoms with Crippen molar-refractivity contribution in [1.29, 1.82) is 0 Å². The molecule has 2 heterocycles. The Balaban J connectivity index is 1.19. The summed E-state index contributed by atoms with van der Waals surface area (Å²) in [5.74, 6) is 0.198. The molecular weight excluding hydrogens is 486 g/mol. The fourth-order valence-corrected chi connectivity index (χ4v) is 5.83. The van der Waals surface area contributed by atoms with Gasteiger partial charge in [-0.25, -0.2) is 4.79 Å². The Labute approximate surface area is 221 Å². The molecule has 0 bridgehead atoms. The zero-order valence-electron chi connectivity index (χ0n) is 21.8. The number of carbonyl (C=O) groups is 2. The van der Waals surface area contributed by atoms with Crippen LogP contribution in [0.15, 0.2) is 42.6 Å². The van der Waals surface area contributed by atoms with Crippen molar-refractivity contribution in [2.75, 3.05) is 25.1 Å². The van der Waals surface area contributed by atoms with Crippen molar-refractivity contribution < 1.29 is 29.3 Å². The number of carbonyl (C=O) groups excluding carboxylic acids is 1. The van der Waals surface area contributed by atoms with E-state index >= 15 is 0 Å². The lowest BCUT2D eigenvalue weighted by Crippen LogP contribution is -2.46. The molecule has 2 aliphatic rings. The number of aromatic amines is 1. The monoisotopic (exact) mass is 521 g/mol. The lowest BCUT2D eigenvalue weighted by molar-refractivity contribution is -0.139. The third kappa shape index (κ3) is 5.08. The standard InChI is InChI=1S/C29H35N3O6/c1-28(2,13-18-14-30-26-20(18)7-5-10-23(26)38-17-24(34)35)31-15-19(33)16-37-22-9-6-8-21-25(22)29(27(36)32-21)11-3-4-12-29/h5-10,14,19,30-31,33H,3-4,11-13,15-17H2,1-2H3,(H,32,36)(H,34,35). The second-order valence-electron chi connectivity index (χ2n) is 11.0. The number of β-amino-alcohol motifs (C(OH)–C–C–N with tert-alkyl or cyclic N) is 1. The Hall–Kier alpha value is -3.56. The first-order valence-electron chi connectivity index (χ1n) is 13.1. The maximum Gasteiger partial charge on any atom is 0.341 e. The Morgan fingerprint density at radius 2 is 1.87 bits per heavy atom. The average molecular weight is 522 g/mol. The van der Waals surface area contributed by atoms with Gasteiger partial charge in [-0.2, -0.15) is 0 Å². The number of aromatic nitrogens is 1. The van der Waals surface area contributed by atoms with Crippen LogP contribution in [0.1, 0.15) is 50.7 Å².